The number of carbonyl (C=O) groups excluding carboxylic acids is 1. The number of fused-ring (bicyclic) bond motifs is 3. The zero-order valence-corrected chi connectivity index (χ0v) is 17.4. The van der Waals surface area contributed by atoms with E-state index in [1.54, 1.807) is 0 Å². The van der Waals surface area contributed by atoms with Gasteiger partial charge in [-0.25, -0.2) is 0 Å². The third kappa shape index (κ3) is 4.04. The van der Waals surface area contributed by atoms with Crippen molar-refractivity contribution in [3.63, 3.8) is 0 Å². The van der Waals surface area contributed by atoms with Crippen molar-refractivity contribution in [2.24, 2.45) is 0 Å². The molecule has 1 aliphatic carbocycles. The molecule has 27 heavy (non-hydrogen) atoms. The molecule has 0 spiro atoms. The molecule has 0 radical (unpaired) electrons. The molecule has 3 heterocycles. The van der Waals surface area contributed by atoms with E-state index in [4.69, 9.17) is 16.6 Å². The van der Waals surface area contributed by atoms with Crippen LogP contribution in [0.15, 0.2) is 24.3 Å². The first-order valence-corrected chi connectivity index (χ1v) is 9.71. The van der Waals surface area contributed by atoms with Crippen molar-refractivity contribution in [3.05, 3.63) is 40.5 Å². The van der Waals surface area contributed by atoms with Crippen LogP contribution in [0.2, 0.25) is 5.02 Å². The van der Waals surface area contributed by atoms with Gasteiger partial charge >= 0.3 is 0 Å². The van der Waals surface area contributed by atoms with Crippen LogP contribution in [0.25, 0.3) is 10.9 Å². The lowest BCUT2D eigenvalue weighted by Gasteiger charge is -2.25. The summed E-state index contributed by atoms with van der Waals surface area (Å²) < 4.78 is 0. The van der Waals surface area contributed by atoms with Gasteiger partial charge in [0.1, 0.15) is 0 Å². The molecular formula is C20H24Cl3N3O. The summed E-state index contributed by atoms with van der Waals surface area (Å²) >= 11 is 6.21. The fourth-order valence-corrected chi connectivity index (χ4v) is 4.45. The zero-order chi connectivity index (χ0) is 17.0. The Morgan fingerprint density at radius 2 is 1.85 bits per heavy atom. The average Bonchev–Trinajstić information content (AvgIpc) is 3.38. The largest absolute Gasteiger partial charge is 0.337 e. The van der Waals surface area contributed by atoms with Gasteiger partial charge in [-0.3, -0.25) is 9.78 Å². The van der Waals surface area contributed by atoms with E-state index in [-0.39, 0.29) is 30.7 Å². The quantitative estimate of drug-likeness (QED) is 0.762. The third-order valence-corrected chi connectivity index (χ3v) is 6.06. The van der Waals surface area contributed by atoms with Gasteiger partial charge in [-0.1, -0.05) is 11.6 Å². The van der Waals surface area contributed by atoms with Gasteiger partial charge in [0.15, 0.2) is 0 Å². The molecule has 2 atom stereocenters. The minimum atomic E-state index is 0. The second-order valence-electron chi connectivity index (χ2n) is 7.71. The molecule has 1 aromatic carbocycles. The highest BCUT2D eigenvalue weighted by Crippen LogP contribution is 2.40. The topological polar surface area (TPSA) is 45.2 Å². The summed E-state index contributed by atoms with van der Waals surface area (Å²) in [6.07, 6.45) is 5.81. The van der Waals surface area contributed by atoms with Gasteiger partial charge in [0.25, 0.3) is 5.91 Å². The molecule has 146 valence electrons. The Hall–Kier alpha value is -1.07. The van der Waals surface area contributed by atoms with Crippen molar-refractivity contribution in [3.8, 4) is 0 Å². The van der Waals surface area contributed by atoms with E-state index >= 15 is 0 Å². The van der Waals surface area contributed by atoms with Crippen LogP contribution in [-0.4, -0.2) is 41.0 Å². The number of nitrogens with one attached hydrogen (secondary N) is 1. The summed E-state index contributed by atoms with van der Waals surface area (Å²) in [7, 11) is 0. The summed E-state index contributed by atoms with van der Waals surface area (Å²) in [5, 5.41) is 5.18. The van der Waals surface area contributed by atoms with Crippen LogP contribution in [0, 0.1) is 0 Å². The fraction of sp³-hybridized carbons (Fsp3) is 0.500. The molecule has 2 unspecified atom stereocenters. The van der Waals surface area contributed by atoms with Crippen LogP contribution in [-0.2, 0) is 0 Å². The number of carbonyl (C=O) groups is 1. The van der Waals surface area contributed by atoms with Crippen LogP contribution < -0.4 is 5.32 Å². The molecule has 3 fully saturated rings. The number of hydrogen-bond acceptors (Lipinski definition) is 3. The van der Waals surface area contributed by atoms with Gasteiger partial charge in [0.2, 0.25) is 0 Å². The molecule has 7 heteroatoms. The van der Waals surface area contributed by atoms with E-state index in [0.717, 1.165) is 41.7 Å². The van der Waals surface area contributed by atoms with Gasteiger partial charge in [-0.15, -0.1) is 24.8 Å². The lowest BCUT2D eigenvalue weighted by molar-refractivity contribution is 0.0750. The van der Waals surface area contributed by atoms with Crippen molar-refractivity contribution in [1.29, 1.82) is 0 Å². The molecule has 5 rings (SSSR count). The summed E-state index contributed by atoms with van der Waals surface area (Å²) in [6.45, 7) is 1.63. The number of amides is 1. The van der Waals surface area contributed by atoms with Crippen LogP contribution in [0.4, 0.5) is 0 Å². The average molecular weight is 429 g/mol. The maximum atomic E-state index is 13.4. The van der Waals surface area contributed by atoms with Gasteiger partial charge in [0, 0.05) is 47.2 Å². The third-order valence-electron chi connectivity index (χ3n) is 5.83. The number of pyridine rings is 1. The van der Waals surface area contributed by atoms with Gasteiger partial charge < -0.3 is 10.2 Å². The first-order chi connectivity index (χ1) is 12.2. The van der Waals surface area contributed by atoms with E-state index in [1.807, 2.05) is 29.2 Å². The Balaban J connectivity index is 0.00000105. The minimum absolute atomic E-state index is 0. The van der Waals surface area contributed by atoms with Crippen LogP contribution in [0.3, 0.4) is 0 Å². The summed E-state index contributed by atoms with van der Waals surface area (Å²) in [4.78, 5) is 20.2. The Bertz CT molecular complexity index is 856. The van der Waals surface area contributed by atoms with Gasteiger partial charge in [-0.2, -0.15) is 0 Å². The number of halogens is 3. The summed E-state index contributed by atoms with van der Waals surface area (Å²) in [6, 6.07) is 8.72. The lowest BCUT2D eigenvalue weighted by atomic mass is 10.0. The van der Waals surface area contributed by atoms with Crippen molar-refractivity contribution in [1.82, 2.24) is 15.2 Å². The molecule has 1 saturated carbocycles. The highest BCUT2D eigenvalue weighted by molar-refractivity contribution is 6.31. The minimum Gasteiger partial charge on any atom is -0.337 e. The number of benzene rings is 1. The van der Waals surface area contributed by atoms with E-state index in [0.29, 0.717) is 23.0 Å². The molecule has 4 nitrogen and oxygen atoms in total. The zero-order valence-electron chi connectivity index (χ0n) is 15.0. The maximum absolute atomic E-state index is 13.4. The van der Waals surface area contributed by atoms with E-state index < -0.39 is 0 Å². The van der Waals surface area contributed by atoms with Crippen LogP contribution >= 0.6 is 36.4 Å². The highest BCUT2D eigenvalue weighted by atomic mass is 35.5. The lowest BCUT2D eigenvalue weighted by Crippen LogP contribution is -2.39. The monoisotopic (exact) mass is 427 g/mol. The van der Waals surface area contributed by atoms with Crippen LogP contribution in [0.1, 0.15) is 54.1 Å². The highest BCUT2D eigenvalue weighted by Gasteiger charge is 2.33. The van der Waals surface area contributed by atoms with Crippen molar-refractivity contribution >= 4 is 53.2 Å². The molecule has 2 aromatic rings. The molecule has 1 N–H and O–H groups in total. The van der Waals surface area contributed by atoms with Gasteiger partial charge in [0.05, 0.1) is 11.1 Å². The molecule has 2 bridgehead atoms. The Kier molecular flexibility index (Phi) is 6.21. The smallest absolute Gasteiger partial charge is 0.254 e. The Morgan fingerprint density at radius 1 is 1.07 bits per heavy atom. The fourth-order valence-electron chi connectivity index (χ4n) is 4.28. The van der Waals surface area contributed by atoms with E-state index in [2.05, 4.69) is 5.32 Å². The normalized spacial score (nSPS) is 24.1. The van der Waals surface area contributed by atoms with E-state index in [1.165, 1.54) is 25.7 Å². The van der Waals surface area contributed by atoms with E-state index in [9.17, 15) is 4.79 Å². The number of hydrogen-bond donors (Lipinski definition) is 1. The predicted octanol–water partition coefficient (Wildman–Crippen LogP) is 4.58. The second-order valence-corrected chi connectivity index (χ2v) is 8.14. The number of nitrogens with zero attached hydrogens (tertiary/aromatic N) is 2. The molecule has 2 saturated heterocycles. The number of rotatable bonds is 2. The van der Waals surface area contributed by atoms with Gasteiger partial charge in [-0.05, 0) is 56.4 Å². The molecule has 1 amide bonds. The van der Waals surface area contributed by atoms with Crippen molar-refractivity contribution < 1.29 is 4.79 Å². The molecule has 3 aliphatic rings. The number of likely N-dealkylation sites (tertiary alicyclic amines) is 1. The predicted molar refractivity (Wildman–Crippen MR) is 114 cm³/mol. The molecular weight excluding hydrogens is 405 g/mol. The SMILES string of the molecule is Cl.Cl.O=C(c1cc(C2CC2)nc2ccc(Cl)cc12)N1CCC2CCC(C1)N2. The standard InChI is InChI=1S/C20H22ClN3O.2ClH/c21-13-3-6-18-16(9-13)17(10-19(23-18)12-1-2-12)20(25)24-8-7-14-4-5-15(11-24)22-14;;/h3,6,9-10,12,14-15,22H,1-2,4-5,7-8,11H2;2*1H. The number of aromatic nitrogens is 1. The first kappa shape index (κ1) is 20.7. The molecule has 1 aromatic heterocycles. The van der Waals surface area contributed by atoms with Crippen LogP contribution in [0.5, 0.6) is 0 Å². The molecule has 2 aliphatic heterocycles. The Labute approximate surface area is 176 Å². The van der Waals surface area contributed by atoms with Crippen molar-refractivity contribution in [2.45, 2.75) is 50.1 Å². The Morgan fingerprint density at radius 3 is 2.63 bits per heavy atom. The second kappa shape index (κ2) is 8.12. The van der Waals surface area contributed by atoms with Crippen molar-refractivity contribution in [2.75, 3.05) is 13.1 Å². The first-order valence-electron chi connectivity index (χ1n) is 9.33. The summed E-state index contributed by atoms with van der Waals surface area (Å²) in [5.41, 5.74) is 2.71. The maximum Gasteiger partial charge on any atom is 0.254 e. The summed E-state index contributed by atoms with van der Waals surface area (Å²) in [5.74, 6) is 0.652.